The van der Waals surface area contributed by atoms with Gasteiger partial charge >= 0.3 is 0 Å². The molecular weight excluding hydrogens is 191 g/mol. The molecule has 2 bridgehead atoms. The van der Waals surface area contributed by atoms with Gasteiger partial charge in [0.25, 0.3) is 0 Å². The van der Waals surface area contributed by atoms with Crippen LogP contribution in [-0.4, -0.2) is 10.8 Å². The maximum atomic E-state index is 6.35. The van der Waals surface area contributed by atoms with Crippen molar-refractivity contribution in [1.82, 2.24) is 0 Å². The lowest BCUT2D eigenvalue weighted by Gasteiger charge is -2.36. The van der Waals surface area contributed by atoms with Crippen LogP contribution in [0.3, 0.4) is 0 Å². The number of rotatable bonds is 0. The quantitative estimate of drug-likeness (QED) is 0.532. The summed E-state index contributed by atoms with van der Waals surface area (Å²) in [5.74, 6) is 0.631. The van der Waals surface area contributed by atoms with Crippen LogP contribution in [0.4, 0.5) is 0 Å². The molecule has 0 radical (unpaired) electrons. The molecule has 0 aromatic carbocycles. The fraction of sp³-hybridized carbons (Fsp3) is 1.00. The maximum Gasteiger partial charge on any atom is 0.0561 e. The number of halogens is 2. The lowest BCUT2D eigenvalue weighted by molar-refractivity contribution is 0.155. The molecular formula is C10H16Cl2. The molecule has 0 aromatic heterocycles. The largest absolute Gasteiger partial charge is 0.121 e. The molecule has 0 aromatic rings. The molecule has 0 saturated heterocycles. The van der Waals surface area contributed by atoms with Crippen molar-refractivity contribution >= 4 is 23.2 Å². The summed E-state index contributed by atoms with van der Waals surface area (Å²) in [6.45, 7) is 6.94. The second kappa shape index (κ2) is 2.33. The summed E-state index contributed by atoms with van der Waals surface area (Å²) >= 11 is 12.7. The predicted molar refractivity (Wildman–Crippen MR) is 53.9 cm³/mol. The van der Waals surface area contributed by atoms with Crippen molar-refractivity contribution in [3.8, 4) is 0 Å². The van der Waals surface area contributed by atoms with Gasteiger partial charge in [-0.05, 0) is 29.6 Å². The van der Waals surface area contributed by atoms with Crippen LogP contribution in [0.5, 0.6) is 0 Å². The highest BCUT2D eigenvalue weighted by Gasteiger charge is 2.65. The highest BCUT2D eigenvalue weighted by molar-refractivity contribution is 6.31. The van der Waals surface area contributed by atoms with Crippen molar-refractivity contribution in [2.45, 2.75) is 44.4 Å². The van der Waals surface area contributed by atoms with Crippen LogP contribution in [0, 0.1) is 16.7 Å². The Morgan fingerprint density at radius 3 is 2.00 bits per heavy atom. The van der Waals surface area contributed by atoms with Crippen LogP contribution >= 0.6 is 23.2 Å². The van der Waals surface area contributed by atoms with Gasteiger partial charge in [-0.3, -0.25) is 0 Å². The molecule has 0 unspecified atom stereocenters. The third-order valence-electron chi connectivity index (χ3n) is 4.65. The fourth-order valence-corrected chi connectivity index (χ4v) is 4.45. The Balaban J connectivity index is 2.44. The second-order valence-electron chi connectivity index (χ2n) is 5.13. The van der Waals surface area contributed by atoms with Crippen molar-refractivity contribution in [2.75, 3.05) is 0 Å². The van der Waals surface area contributed by atoms with E-state index in [-0.39, 0.29) is 16.2 Å². The van der Waals surface area contributed by atoms with Crippen molar-refractivity contribution in [1.29, 1.82) is 0 Å². The molecule has 0 heterocycles. The van der Waals surface area contributed by atoms with E-state index in [9.17, 15) is 0 Å². The molecule has 2 aliphatic carbocycles. The molecule has 0 aliphatic heterocycles. The van der Waals surface area contributed by atoms with E-state index in [1.807, 2.05) is 0 Å². The van der Waals surface area contributed by atoms with E-state index in [0.717, 1.165) is 0 Å². The van der Waals surface area contributed by atoms with Crippen LogP contribution in [0.2, 0.25) is 0 Å². The van der Waals surface area contributed by atoms with Gasteiger partial charge in [-0.1, -0.05) is 20.8 Å². The van der Waals surface area contributed by atoms with Gasteiger partial charge in [-0.2, -0.15) is 0 Å². The molecule has 2 saturated carbocycles. The zero-order chi connectivity index (χ0) is 9.15. The third-order valence-corrected chi connectivity index (χ3v) is 6.08. The third kappa shape index (κ3) is 0.767. The fourth-order valence-electron chi connectivity index (χ4n) is 3.17. The smallest absolute Gasteiger partial charge is 0.0561 e. The Morgan fingerprint density at radius 2 is 1.75 bits per heavy atom. The van der Waals surface area contributed by atoms with E-state index in [0.29, 0.717) is 11.3 Å². The first-order chi connectivity index (χ1) is 5.41. The molecule has 0 N–H and O–H groups in total. The van der Waals surface area contributed by atoms with Crippen molar-refractivity contribution in [3.63, 3.8) is 0 Å². The highest BCUT2D eigenvalue weighted by atomic mass is 35.5. The normalized spacial score (nSPS) is 56.2. The summed E-state index contributed by atoms with van der Waals surface area (Å²) in [6.07, 6.45) is 2.52. The molecule has 12 heavy (non-hydrogen) atoms. The summed E-state index contributed by atoms with van der Waals surface area (Å²) in [5.41, 5.74) is 0.609. The number of fused-ring (bicyclic) bond motifs is 2. The van der Waals surface area contributed by atoms with Gasteiger partial charge in [0.05, 0.1) is 10.8 Å². The Morgan fingerprint density at radius 1 is 1.17 bits per heavy atom. The lowest BCUT2D eigenvalue weighted by atomic mass is 9.71. The zero-order valence-electron chi connectivity index (χ0n) is 7.90. The molecule has 4 atom stereocenters. The second-order valence-corrected chi connectivity index (χ2v) is 6.10. The van der Waals surface area contributed by atoms with Crippen LogP contribution in [0.1, 0.15) is 33.6 Å². The van der Waals surface area contributed by atoms with Gasteiger partial charge in [0.1, 0.15) is 0 Å². The number of hydrogen-bond acceptors (Lipinski definition) is 0. The maximum absolute atomic E-state index is 6.35. The monoisotopic (exact) mass is 206 g/mol. The standard InChI is InChI=1S/C10H16Cl2/c1-9(2)6-4-5-10(9,3)8(12)7(6)11/h6-8H,4-5H2,1-3H3/t6-,7+,8-,10+/m0/s1. The summed E-state index contributed by atoms with van der Waals surface area (Å²) in [7, 11) is 0. The average molecular weight is 207 g/mol. The minimum absolute atomic E-state index is 0.174. The molecule has 2 aliphatic rings. The molecule has 0 spiro atoms. The van der Waals surface area contributed by atoms with E-state index in [2.05, 4.69) is 20.8 Å². The topological polar surface area (TPSA) is 0 Å². The summed E-state index contributed by atoms with van der Waals surface area (Å²) in [5, 5.41) is 0.369. The number of alkyl halides is 2. The van der Waals surface area contributed by atoms with Gasteiger partial charge < -0.3 is 0 Å². The van der Waals surface area contributed by atoms with Crippen LogP contribution in [-0.2, 0) is 0 Å². The Kier molecular flexibility index (Phi) is 1.78. The van der Waals surface area contributed by atoms with Crippen LogP contribution in [0.15, 0.2) is 0 Å². The molecule has 0 nitrogen and oxygen atoms in total. The van der Waals surface area contributed by atoms with E-state index in [4.69, 9.17) is 23.2 Å². The van der Waals surface area contributed by atoms with Gasteiger partial charge in [0, 0.05) is 0 Å². The van der Waals surface area contributed by atoms with E-state index in [1.165, 1.54) is 12.8 Å². The first-order valence-corrected chi connectivity index (χ1v) is 5.57. The Hall–Kier alpha value is 0.580. The molecule has 0 amide bonds. The highest BCUT2D eigenvalue weighted by Crippen LogP contribution is 2.68. The van der Waals surface area contributed by atoms with Gasteiger partial charge in [0.15, 0.2) is 0 Å². The summed E-state index contributed by atoms with van der Waals surface area (Å²) < 4.78 is 0. The SMILES string of the molecule is CC1(C)[C@H]2CC[C@]1(C)[C@@H](Cl)[C@@H]2Cl. The van der Waals surface area contributed by atoms with Crippen molar-refractivity contribution in [2.24, 2.45) is 16.7 Å². The summed E-state index contributed by atoms with van der Waals surface area (Å²) in [4.78, 5) is 0. The lowest BCUT2D eigenvalue weighted by Crippen LogP contribution is -2.34. The summed E-state index contributed by atoms with van der Waals surface area (Å²) in [6, 6.07) is 0. The first-order valence-electron chi connectivity index (χ1n) is 4.69. The zero-order valence-corrected chi connectivity index (χ0v) is 9.41. The average Bonchev–Trinajstić information content (AvgIpc) is 2.26. The van der Waals surface area contributed by atoms with Gasteiger partial charge in [0.2, 0.25) is 0 Å². The Labute approximate surface area is 84.6 Å². The van der Waals surface area contributed by atoms with E-state index >= 15 is 0 Å². The van der Waals surface area contributed by atoms with E-state index in [1.54, 1.807) is 0 Å². The van der Waals surface area contributed by atoms with Crippen LogP contribution < -0.4 is 0 Å². The Bertz CT molecular complexity index is 212. The molecule has 2 rings (SSSR count). The van der Waals surface area contributed by atoms with Gasteiger partial charge in [-0.25, -0.2) is 0 Å². The van der Waals surface area contributed by atoms with Crippen LogP contribution in [0.25, 0.3) is 0 Å². The first kappa shape index (κ1) is 9.15. The molecule has 2 heteroatoms. The minimum Gasteiger partial charge on any atom is -0.121 e. The van der Waals surface area contributed by atoms with Crippen molar-refractivity contribution in [3.05, 3.63) is 0 Å². The van der Waals surface area contributed by atoms with Crippen molar-refractivity contribution < 1.29 is 0 Å². The van der Waals surface area contributed by atoms with Gasteiger partial charge in [-0.15, -0.1) is 23.2 Å². The molecule has 70 valence electrons. The molecule has 2 fully saturated rings. The van der Waals surface area contributed by atoms with E-state index < -0.39 is 0 Å². The number of hydrogen-bond donors (Lipinski definition) is 0. The predicted octanol–water partition coefficient (Wildman–Crippen LogP) is 3.66. The minimum atomic E-state index is 0.174.